The molecule has 5 nitrogen and oxygen atoms in total. The van der Waals surface area contributed by atoms with Gasteiger partial charge in [-0.25, -0.2) is 9.97 Å². The summed E-state index contributed by atoms with van der Waals surface area (Å²) >= 11 is 0. The summed E-state index contributed by atoms with van der Waals surface area (Å²) < 4.78 is 10.6. The van der Waals surface area contributed by atoms with Crippen molar-refractivity contribution in [1.82, 2.24) is 9.97 Å². The molecule has 2 aromatic rings. The lowest BCUT2D eigenvalue weighted by atomic mass is 10.0. The Labute approximate surface area is 118 Å². The van der Waals surface area contributed by atoms with E-state index in [-0.39, 0.29) is 0 Å². The third-order valence-corrected chi connectivity index (χ3v) is 3.08. The molecule has 2 N–H and O–H groups in total. The van der Waals surface area contributed by atoms with Crippen LogP contribution >= 0.6 is 0 Å². The molecule has 1 heterocycles. The molecule has 0 bridgehead atoms. The fraction of sp³-hybridized carbons (Fsp3) is 0.333. The number of hydrogen-bond donors (Lipinski definition) is 1. The number of methoxy groups -OCH3 is 2. The molecule has 0 amide bonds. The Balaban J connectivity index is 2.49. The van der Waals surface area contributed by atoms with Crippen molar-refractivity contribution in [1.29, 1.82) is 0 Å². The average molecular weight is 273 g/mol. The maximum absolute atomic E-state index is 5.55. The largest absolute Gasteiger partial charge is 0.493 e. The summed E-state index contributed by atoms with van der Waals surface area (Å²) in [6.45, 7) is 2.55. The van der Waals surface area contributed by atoms with E-state index in [0.29, 0.717) is 24.5 Å². The molecule has 0 fully saturated rings. The van der Waals surface area contributed by atoms with Crippen molar-refractivity contribution in [3.05, 3.63) is 35.8 Å². The molecule has 0 saturated carbocycles. The number of nitrogens with two attached hydrogens (primary N) is 1. The number of aryl methyl sites for hydroxylation is 1. The second-order valence-corrected chi connectivity index (χ2v) is 4.42. The summed E-state index contributed by atoms with van der Waals surface area (Å²) in [4.78, 5) is 8.75. The van der Waals surface area contributed by atoms with Gasteiger partial charge in [-0.1, -0.05) is 0 Å². The first-order valence-corrected chi connectivity index (χ1v) is 6.44. The maximum Gasteiger partial charge on any atom is 0.161 e. The Morgan fingerprint density at radius 3 is 2.50 bits per heavy atom. The number of benzene rings is 1. The van der Waals surface area contributed by atoms with Gasteiger partial charge in [-0.3, -0.25) is 0 Å². The lowest BCUT2D eigenvalue weighted by Crippen LogP contribution is -2.06. The Kier molecular flexibility index (Phi) is 4.53. The van der Waals surface area contributed by atoms with Crippen LogP contribution in [-0.4, -0.2) is 30.7 Å². The van der Waals surface area contributed by atoms with Gasteiger partial charge in [0.15, 0.2) is 11.5 Å². The van der Waals surface area contributed by atoms with Crippen molar-refractivity contribution in [3.63, 3.8) is 0 Å². The van der Waals surface area contributed by atoms with Gasteiger partial charge in [-0.2, -0.15) is 0 Å². The number of ether oxygens (including phenoxy) is 2. The normalized spacial score (nSPS) is 10.4. The van der Waals surface area contributed by atoms with Gasteiger partial charge >= 0.3 is 0 Å². The number of rotatable bonds is 5. The predicted molar refractivity (Wildman–Crippen MR) is 78.1 cm³/mol. The van der Waals surface area contributed by atoms with E-state index in [0.717, 1.165) is 22.6 Å². The molecule has 0 atom stereocenters. The van der Waals surface area contributed by atoms with Crippen molar-refractivity contribution in [2.45, 2.75) is 13.3 Å². The van der Waals surface area contributed by atoms with Crippen LogP contribution in [0, 0.1) is 6.92 Å². The van der Waals surface area contributed by atoms with E-state index in [2.05, 4.69) is 9.97 Å². The third-order valence-electron chi connectivity index (χ3n) is 3.08. The molecule has 0 unspecified atom stereocenters. The van der Waals surface area contributed by atoms with E-state index < -0.39 is 0 Å². The highest BCUT2D eigenvalue weighted by Gasteiger charge is 2.11. The molecule has 0 aliphatic heterocycles. The molecule has 1 aromatic heterocycles. The first-order chi connectivity index (χ1) is 9.69. The molecule has 0 aliphatic rings. The standard InChI is InChI=1S/C15H19N3O2/c1-10-8-13(19-2)14(20-3)9-11(10)12-5-7-17-15(18-12)4-6-16/h5,7-9H,4,6,16H2,1-3H3. The molecule has 5 heteroatoms. The van der Waals surface area contributed by atoms with E-state index in [1.807, 2.05) is 25.1 Å². The summed E-state index contributed by atoms with van der Waals surface area (Å²) in [6.07, 6.45) is 2.42. The molecular weight excluding hydrogens is 254 g/mol. The summed E-state index contributed by atoms with van der Waals surface area (Å²) in [5.41, 5.74) is 8.48. The lowest BCUT2D eigenvalue weighted by molar-refractivity contribution is 0.355. The minimum atomic E-state index is 0.536. The van der Waals surface area contributed by atoms with E-state index in [1.54, 1.807) is 20.4 Å². The van der Waals surface area contributed by atoms with Crippen LogP contribution in [-0.2, 0) is 6.42 Å². The van der Waals surface area contributed by atoms with Crippen LogP contribution in [0.3, 0.4) is 0 Å². The van der Waals surface area contributed by atoms with Crippen molar-refractivity contribution < 1.29 is 9.47 Å². The Morgan fingerprint density at radius 2 is 1.85 bits per heavy atom. The molecular formula is C15H19N3O2. The van der Waals surface area contributed by atoms with Gasteiger partial charge in [-0.05, 0) is 37.2 Å². The van der Waals surface area contributed by atoms with Crippen molar-refractivity contribution >= 4 is 0 Å². The van der Waals surface area contributed by atoms with Crippen molar-refractivity contribution in [2.75, 3.05) is 20.8 Å². The molecule has 20 heavy (non-hydrogen) atoms. The summed E-state index contributed by atoms with van der Waals surface area (Å²) in [6, 6.07) is 5.76. The topological polar surface area (TPSA) is 70.3 Å². The SMILES string of the molecule is COc1cc(C)c(-c2ccnc(CCN)n2)cc1OC. The fourth-order valence-electron chi connectivity index (χ4n) is 2.06. The average Bonchev–Trinajstić information content (AvgIpc) is 2.47. The summed E-state index contributed by atoms with van der Waals surface area (Å²) in [7, 11) is 3.25. The molecule has 1 aromatic carbocycles. The first-order valence-electron chi connectivity index (χ1n) is 6.44. The van der Waals surface area contributed by atoms with Crippen molar-refractivity contribution in [3.8, 4) is 22.8 Å². The zero-order valence-electron chi connectivity index (χ0n) is 12.0. The smallest absolute Gasteiger partial charge is 0.161 e. The minimum Gasteiger partial charge on any atom is -0.493 e. The second kappa shape index (κ2) is 6.34. The van der Waals surface area contributed by atoms with Crippen LogP contribution in [0.15, 0.2) is 24.4 Å². The molecule has 0 saturated heterocycles. The van der Waals surface area contributed by atoms with E-state index in [4.69, 9.17) is 15.2 Å². The van der Waals surface area contributed by atoms with Gasteiger partial charge in [-0.15, -0.1) is 0 Å². The Bertz CT molecular complexity index is 600. The van der Waals surface area contributed by atoms with Gasteiger partial charge < -0.3 is 15.2 Å². The minimum absolute atomic E-state index is 0.536. The molecule has 0 spiro atoms. The van der Waals surface area contributed by atoms with Gasteiger partial charge in [0.05, 0.1) is 19.9 Å². The van der Waals surface area contributed by atoms with Crippen LogP contribution in [0.2, 0.25) is 0 Å². The van der Waals surface area contributed by atoms with Crippen LogP contribution in [0.1, 0.15) is 11.4 Å². The lowest BCUT2D eigenvalue weighted by Gasteiger charge is -2.12. The molecule has 0 radical (unpaired) electrons. The van der Waals surface area contributed by atoms with Crippen LogP contribution in [0.5, 0.6) is 11.5 Å². The summed E-state index contributed by atoms with van der Waals surface area (Å²) in [5, 5.41) is 0. The van der Waals surface area contributed by atoms with Gasteiger partial charge in [0.2, 0.25) is 0 Å². The highest BCUT2D eigenvalue weighted by atomic mass is 16.5. The number of hydrogen-bond acceptors (Lipinski definition) is 5. The van der Waals surface area contributed by atoms with E-state index >= 15 is 0 Å². The first kappa shape index (κ1) is 14.3. The molecule has 0 aliphatic carbocycles. The number of nitrogens with zero attached hydrogens (tertiary/aromatic N) is 2. The second-order valence-electron chi connectivity index (χ2n) is 4.42. The van der Waals surface area contributed by atoms with E-state index in [1.165, 1.54) is 0 Å². The molecule has 2 rings (SSSR count). The zero-order chi connectivity index (χ0) is 14.5. The predicted octanol–water partition coefficient (Wildman–Crippen LogP) is 1.97. The van der Waals surface area contributed by atoms with Gasteiger partial charge in [0, 0.05) is 18.2 Å². The highest BCUT2D eigenvalue weighted by molar-refractivity contribution is 5.68. The molecule has 106 valence electrons. The van der Waals surface area contributed by atoms with Crippen LogP contribution in [0.4, 0.5) is 0 Å². The quantitative estimate of drug-likeness (QED) is 0.902. The highest BCUT2D eigenvalue weighted by Crippen LogP contribution is 2.34. The third kappa shape index (κ3) is 2.88. The van der Waals surface area contributed by atoms with Crippen molar-refractivity contribution in [2.24, 2.45) is 5.73 Å². The summed E-state index contributed by atoms with van der Waals surface area (Å²) in [5.74, 6) is 2.15. The van der Waals surface area contributed by atoms with E-state index in [9.17, 15) is 0 Å². The fourth-order valence-corrected chi connectivity index (χ4v) is 2.06. The van der Waals surface area contributed by atoms with Crippen LogP contribution < -0.4 is 15.2 Å². The Morgan fingerprint density at radius 1 is 1.15 bits per heavy atom. The van der Waals surface area contributed by atoms with Crippen LogP contribution in [0.25, 0.3) is 11.3 Å². The monoisotopic (exact) mass is 273 g/mol. The Hall–Kier alpha value is -2.14. The zero-order valence-corrected chi connectivity index (χ0v) is 12.0. The van der Waals surface area contributed by atoms with Gasteiger partial charge in [0.1, 0.15) is 5.82 Å². The van der Waals surface area contributed by atoms with Gasteiger partial charge in [0.25, 0.3) is 0 Å². The number of aromatic nitrogens is 2. The maximum atomic E-state index is 5.55.